The minimum Gasteiger partial charge on any atom is -0.325 e. The van der Waals surface area contributed by atoms with E-state index in [0.717, 1.165) is 43.4 Å². The molecule has 0 spiro atoms. The van der Waals surface area contributed by atoms with Crippen molar-refractivity contribution in [2.75, 3.05) is 5.32 Å². The van der Waals surface area contributed by atoms with Crippen molar-refractivity contribution in [2.24, 2.45) is 11.3 Å². The molecule has 1 aliphatic rings. The molecule has 0 heterocycles. The zero-order valence-corrected chi connectivity index (χ0v) is 17.4. The Hall–Kier alpha value is -0.0300. The van der Waals surface area contributed by atoms with Gasteiger partial charge in [0.05, 0.1) is 15.7 Å². The lowest BCUT2D eigenvalue weighted by Gasteiger charge is -2.36. The van der Waals surface area contributed by atoms with Crippen molar-refractivity contribution < 1.29 is 4.79 Å². The van der Waals surface area contributed by atoms with Gasteiger partial charge in [-0.25, -0.2) is 0 Å². The molecular formula is C18H25Cl2NOS2. The maximum atomic E-state index is 13.1. The predicted octanol–water partition coefficient (Wildman–Crippen LogP) is 7.26. The number of rotatable bonds is 6. The van der Waals surface area contributed by atoms with Gasteiger partial charge in [-0.05, 0) is 43.7 Å². The molecule has 1 aromatic carbocycles. The summed E-state index contributed by atoms with van der Waals surface area (Å²) in [6.07, 6.45) is 7.43. The Labute approximate surface area is 164 Å². The van der Waals surface area contributed by atoms with E-state index in [9.17, 15) is 4.79 Å². The highest BCUT2D eigenvalue weighted by molar-refractivity contribution is 8.68. The molecule has 0 aromatic heterocycles. The van der Waals surface area contributed by atoms with E-state index in [-0.39, 0.29) is 11.3 Å². The van der Waals surface area contributed by atoms with Gasteiger partial charge in [-0.1, -0.05) is 67.1 Å². The molecule has 0 radical (unpaired) electrons. The van der Waals surface area contributed by atoms with Crippen molar-refractivity contribution in [1.29, 1.82) is 0 Å². The van der Waals surface area contributed by atoms with Crippen LogP contribution in [0.3, 0.4) is 0 Å². The van der Waals surface area contributed by atoms with Crippen LogP contribution in [0.1, 0.15) is 58.8 Å². The normalized spacial score (nSPS) is 17.1. The van der Waals surface area contributed by atoms with Crippen LogP contribution in [-0.4, -0.2) is 5.91 Å². The Balaban J connectivity index is 2.23. The van der Waals surface area contributed by atoms with E-state index in [0.29, 0.717) is 21.7 Å². The van der Waals surface area contributed by atoms with Crippen LogP contribution in [0.15, 0.2) is 17.0 Å². The van der Waals surface area contributed by atoms with Gasteiger partial charge < -0.3 is 5.32 Å². The number of carbonyl (C=O) groups is 1. The summed E-state index contributed by atoms with van der Waals surface area (Å²) in [5.41, 5.74) is 0.441. The third-order valence-corrected chi connectivity index (χ3v) is 6.71. The maximum Gasteiger partial charge on any atom is 0.230 e. The molecule has 1 saturated carbocycles. The Morgan fingerprint density at radius 3 is 2.46 bits per heavy atom. The van der Waals surface area contributed by atoms with E-state index < -0.39 is 0 Å². The standard InChI is InChI=1S/C18H25Cl2NOS2/c1-12(2)6-9-18(7-4-3-5-8-18)17(22)21-15-10-13(19)14(20)11-16(15)24-23/h10-12,23H,3-9H2,1-2H3,(H,21,22). The Morgan fingerprint density at radius 2 is 1.88 bits per heavy atom. The lowest BCUT2D eigenvalue weighted by atomic mass is 9.69. The minimum absolute atomic E-state index is 0.116. The molecule has 0 unspecified atom stereocenters. The number of hydrogen-bond donors (Lipinski definition) is 2. The molecule has 1 N–H and O–H groups in total. The van der Waals surface area contributed by atoms with Gasteiger partial charge >= 0.3 is 0 Å². The van der Waals surface area contributed by atoms with Gasteiger partial charge in [0.15, 0.2) is 0 Å². The molecule has 1 aromatic rings. The SMILES string of the molecule is CC(C)CCC1(C(=O)Nc2cc(Cl)c(Cl)cc2SS)CCCCC1. The first kappa shape index (κ1) is 20.3. The number of halogens is 2. The summed E-state index contributed by atoms with van der Waals surface area (Å²) in [6.45, 7) is 4.42. The average molecular weight is 406 g/mol. The van der Waals surface area contributed by atoms with Crippen molar-refractivity contribution in [3.8, 4) is 0 Å². The molecule has 134 valence electrons. The molecule has 0 aliphatic heterocycles. The van der Waals surface area contributed by atoms with E-state index >= 15 is 0 Å². The van der Waals surface area contributed by atoms with Gasteiger partial charge in [0.25, 0.3) is 0 Å². The van der Waals surface area contributed by atoms with Gasteiger partial charge in [-0.15, -0.1) is 11.7 Å². The first-order valence-corrected chi connectivity index (χ1v) is 11.1. The maximum absolute atomic E-state index is 13.1. The van der Waals surface area contributed by atoms with Crippen molar-refractivity contribution in [2.45, 2.75) is 63.7 Å². The minimum atomic E-state index is -0.257. The summed E-state index contributed by atoms with van der Waals surface area (Å²) in [4.78, 5) is 14.0. The zero-order valence-electron chi connectivity index (χ0n) is 14.2. The predicted molar refractivity (Wildman–Crippen MR) is 110 cm³/mol. The number of nitrogens with one attached hydrogen (secondary N) is 1. The summed E-state index contributed by atoms with van der Waals surface area (Å²) in [6, 6.07) is 3.47. The number of carbonyl (C=O) groups excluding carboxylic acids is 1. The van der Waals surface area contributed by atoms with Crippen molar-refractivity contribution in [3.05, 3.63) is 22.2 Å². The van der Waals surface area contributed by atoms with E-state index in [4.69, 9.17) is 23.2 Å². The molecular weight excluding hydrogens is 381 g/mol. The summed E-state index contributed by atoms with van der Waals surface area (Å²) >= 11 is 16.5. The first-order valence-electron chi connectivity index (χ1n) is 8.50. The van der Waals surface area contributed by atoms with Gasteiger partial charge in [0, 0.05) is 10.3 Å². The Bertz CT molecular complexity index is 587. The smallest absolute Gasteiger partial charge is 0.230 e. The highest BCUT2D eigenvalue weighted by Crippen LogP contribution is 2.43. The number of anilines is 1. The number of amides is 1. The second-order valence-corrected chi connectivity index (χ2v) is 9.07. The van der Waals surface area contributed by atoms with Crippen LogP contribution in [0.25, 0.3) is 0 Å². The van der Waals surface area contributed by atoms with Gasteiger partial charge in [0.2, 0.25) is 5.91 Å². The van der Waals surface area contributed by atoms with Crippen LogP contribution < -0.4 is 5.32 Å². The van der Waals surface area contributed by atoms with Crippen LogP contribution in [-0.2, 0) is 4.79 Å². The van der Waals surface area contributed by atoms with E-state index in [1.54, 1.807) is 12.1 Å². The molecule has 0 bridgehead atoms. The molecule has 6 heteroatoms. The molecule has 1 fully saturated rings. The third-order valence-electron chi connectivity index (χ3n) is 4.86. The molecule has 1 aliphatic carbocycles. The number of benzene rings is 1. The third kappa shape index (κ3) is 5.00. The first-order chi connectivity index (χ1) is 11.4. The number of hydrogen-bond acceptors (Lipinski definition) is 3. The van der Waals surface area contributed by atoms with Gasteiger partial charge in [-0.3, -0.25) is 4.79 Å². The zero-order chi connectivity index (χ0) is 17.7. The van der Waals surface area contributed by atoms with Gasteiger partial charge in [0.1, 0.15) is 0 Å². The molecule has 1 amide bonds. The molecule has 0 atom stereocenters. The lowest BCUT2D eigenvalue weighted by Crippen LogP contribution is -2.38. The summed E-state index contributed by atoms with van der Waals surface area (Å²) in [7, 11) is 1.26. The van der Waals surface area contributed by atoms with Crippen LogP contribution in [0, 0.1) is 11.3 Å². The molecule has 0 saturated heterocycles. The fourth-order valence-corrected chi connectivity index (χ4v) is 4.56. The van der Waals surface area contributed by atoms with Crippen LogP contribution in [0.2, 0.25) is 10.0 Å². The lowest BCUT2D eigenvalue weighted by molar-refractivity contribution is -0.128. The number of thiol groups is 1. The summed E-state index contributed by atoms with van der Waals surface area (Å²) in [5, 5.41) is 4.03. The quantitative estimate of drug-likeness (QED) is 0.385. The Kier molecular flexibility index (Phi) is 7.66. The van der Waals surface area contributed by atoms with E-state index in [1.807, 2.05) is 0 Å². The Morgan fingerprint density at radius 1 is 1.25 bits per heavy atom. The highest BCUT2D eigenvalue weighted by atomic mass is 35.5. The molecule has 2 nitrogen and oxygen atoms in total. The highest BCUT2D eigenvalue weighted by Gasteiger charge is 2.39. The molecule has 24 heavy (non-hydrogen) atoms. The topological polar surface area (TPSA) is 29.1 Å². The van der Waals surface area contributed by atoms with Crippen LogP contribution in [0.5, 0.6) is 0 Å². The average Bonchev–Trinajstić information content (AvgIpc) is 2.56. The van der Waals surface area contributed by atoms with Gasteiger partial charge in [-0.2, -0.15) is 0 Å². The monoisotopic (exact) mass is 405 g/mol. The van der Waals surface area contributed by atoms with Crippen molar-refractivity contribution in [3.63, 3.8) is 0 Å². The van der Waals surface area contributed by atoms with E-state index in [2.05, 4.69) is 30.8 Å². The largest absolute Gasteiger partial charge is 0.325 e. The summed E-state index contributed by atoms with van der Waals surface area (Å²) < 4.78 is 0. The van der Waals surface area contributed by atoms with E-state index in [1.165, 1.54) is 17.2 Å². The fourth-order valence-electron chi connectivity index (χ4n) is 3.34. The second kappa shape index (κ2) is 9.07. The fraction of sp³-hybridized carbons (Fsp3) is 0.611. The summed E-state index contributed by atoms with van der Waals surface area (Å²) in [5.74, 6) is 0.718. The van der Waals surface area contributed by atoms with Crippen LogP contribution in [0.4, 0.5) is 5.69 Å². The molecule has 2 rings (SSSR count). The second-order valence-electron chi connectivity index (χ2n) is 7.08. The van der Waals surface area contributed by atoms with Crippen molar-refractivity contribution in [1.82, 2.24) is 0 Å². The van der Waals surface area contributed by atoms with Crippen molar-refractivity contribution >= 4 is 57.3 Å². The van der Waals surface area contributed by atoms with Crippen LogP contribution >= 0.6 is 45.7 Å².